The molecule has 6 rings (SSSR count). The van der Waals surface area contributed by atoms with E-state index in [9.17, 15) is 62.6 Å². The molecule has 6 unspecified atom stereocenters. The minimum absolute atomic E-state index is 0.00592. The van der Waals surface area contributed by atoms with E-state index in [0.717, 1.165) is 58.1 Å². The third-order valence-corrected chi connectivity index (χ3v) is 21.7. The highest BCUT2D eigenvalue weighted by Crippen LogP contribution is 2.35. The number of alkyl carbamates (subject to hydrolysis) is 1. The second-order valence-electron chi connectivity index (χ2n) is 25.4. The summed E-state index contributed by atoms with van der Waals surface area (Å²) in [6.07, 6.45) is 1.43. The molecule has 29 heteroatoms. The summed E-state index contributed by atoms with van der Waals surface area (Å²) < 4.78 is 16.8. The zero-order valence-corrected chi connectivity index (χ0v) is 58.6. The van der Waals surface area contributed by atoms with Crippen LogP contribution in [-0.2, 0) is 68.6 Å². The SMILES string of the molecule is CCC(C)[C@H](CC(=O)C1CCCCN1C)C(=O)N(C)[C@H](C[C@@H](OC(=O)NC(CCCCNC(=O)CCC(=O)N1CCN2C(=O)CC(SCSC3CC(=O)N(CC1)C3=O)C2=O)C(=O)NCCOCCO)c1nc(C(=O)N[C@@H](Cc2ccc(C)cc2)CC(C)OC=O)cs1)C(C)C. The molecule has 4 bridgehead atoms. The molecule has 1 aromatic heterocycles. The second kappa shape index (κ2) is 39.0. The predicted molar refractivity (Wildman–Crippen MR) is 358 cm³/mol. The van der Waals surface area contributed by atoms with Crippen molar-refractivity contribution in [1.29, 1.82) is 0 Å². The summed E-state index contributed by atoms with van der Waals surface area (Å²) in [5.74, 6) is -4.78. The molecule has 95 heavy (non-hydrogen) atoms. The number of benzene rings is 1. The summed E-state index contributed by atoms with van der Waals surface area (Å²) in [6.45, 7) is 12.4. The number of nitrogens with one attached hydrogen (secondary N) is 4. The molecule has 4 aliphatic rings. The molecule has 0 saturated carbocycles. The van der Waals surface area contributed by atoms with Gasteiger partial charge in [0.1, 0.15) is 22.8 Å². The van der Waals surface area contributed by atoms with Gasteiger partial charge in [-0.25, -0.2) is 9.78 Å². The number of unbranched alkanes of at least 4 members (excludes halogenated alkanes) is 1. The lowest BCUT2D eigenvalue weighted by Gasteiger charge is -2.37. The molecule has 5 N–H and O–H groups in total. The molecule has 4 aliphatic heterocycles. The number of aliphatic hydroxyl groups excluding tert-OH is 1. The van der Waals surface area contributed by atoms with Crippen LogP contribution in [0.5, 0.6) is 0 Å². The van der Waals surface area contributed by atoms with Crippen LogP contribution in [0.1, 0.15) is 157 Å². The number of aryl methyl sites for hydroxylation is 1. The summed E-state index contributed by atoms with van der Waals surface area (Å²) in [5, 5.41) is 21.4. The van der Waals surface area contributed by atoms with Crippen molar-refractivity contribution in [2.75, 3.05) is 84.8 Å². The molecular weight excluding hydrogens is 1280 g/mol. The average Bonchev–Trinajstić information content (AvgIpc) is 1.78. The van der Waals surface area contributed by atoms with E-state index in [4.69, 9.17) is 19.2 Å². The maximum absolute atomic E-state index is 14.9. The van der Waals surface area contributed by atoms with E-state index in [1.807, 2.05) is 65.9 Å². The van der Waals surface area contributed by atoms with Gasteiger partial charge in [-0.2, -0.15) is 0 Å². The van der Waals surface area contributed by atoms with Crippen molar-refractivity contribution < 1.29 is 76.9 Å². The third kappa shape index (κ3) is 23.6. The van der Waals surface area contributed by atoms with Gasteiger partial charge < -0.3 is 50.4 Å². The number of rotatable bonds is 35. The summed E-state index contributed by atoms with van der Waals surface area (Å²) in [6, 6.07) is 5.25. The number of ketones is 1. The molecule has 0 radical (unpaired) electrons. The van der Waals surface area contributed by atoms with E-state index in [1.54, 1.807) is 18.9 Å². The molecule has 2 aromatic rings. The van der Waals surface area contributed by atoms with Gasteiger partial charge in [0.15, 0.2) is 11.9 Å². The number of carbonyl (C=O) groups is 12. The number of thiazole rings is 1. The van der Waals surface area contributed by atoms with Gasteiger partial charge in [0.05, 0.1) is 36.4 Å². The number of thioether (sulfide) groups is 2. The molecule has 26 nitrogen and oxygen atoms in total. The number of carbonyl (C=O) groups excluding carboxylic acids is 12. The number of aromatic nitrogens is 1. The van der Waals surface area contributed by atoms with E-state index < -0.39 is 76.5 Å². The van der Waals surface area contributed by atoms with Crippen LogP contribution in [-0.4, -0.2) is 232 Å². The maximum Gasteiger partial charge on any atom is 0.408 e. The zero-order chi connectivity index (χ0) is 69.3. The second-order valence-corrected chi connectivity index (χ2v) is 29.0. The topological polar surface area (TPSA) is 330 Å². The Morgan fingerprint density at radius 2 is 1.51 bits per heavy atom. The Morgan fingerprint density at radius 3 is 2.13 bits per heavy atom. The van der Waals surface area contributed by atoms with E-state index in [-0.39, 0.29) is 181 Å². The summed E-state index contributed by atoms with van der Waals surface area (Å²) >= 11 is 3.57. The van der Waals surface area contributed by atoms with Gasteiger partial charge in [-0.1, -0.05) is 70.4 Å². The highest BCUT2D eigenvalue weighted by Gasteiger charge is 2.43. The van der Waals surface area contributed by atoms with Gasteiger partial charge in [-0.05, 0) is 83.4 Å². The Morgan fingerprint density at radius 1 is 0.832 bits per heavy atom. The molecule has 5 heterocycles. The number of imide groups is 2. The number of likely N-dealkylation sites (N-methyl/N-ethyl adjacent to an activating group) is 1. The lowest BCUT2D eigenvalue weighted by molar-refractivity contribution is -0.143. The number of hydrogen-bond acceptors (Lipinski definition) is 21. The van der Waals surface area contributed by atoms with Crippen molar-refractivity contribution in [3.8, 4) is 0 Å². The minimum atomic E-state index is -1.20. The van der Waals surface area contributed by atoms with Gasteiger partial charge in [0.2, 0.25) is 47.3 Å². The quantitative estimate of drug-likeness (QED) is 0.0358. The largest absolute Gasteiger partial charge is 0.465 e. The van der Waals surface area contributed by atoms with Gasteiger partial charge in [0, 0.05) is 120 Å². The van der Waals surface area contributed by atoms with Crippen molar-refractivity contribution in [1.82, 2.24) is 50.8 Å². The minimum Gasteiger partial charge on any atom is -0.465 e. The van der Waals surface area contributed by atoms with E-state index in [0.29, 0.717) is 30.8 Å². The first-order valence-corrected chi connectivity index (χ1v) is 36.2. The fraction of sp³-hybridized carbons (Fsp3) is 0.682. The monoisotopic (exact) mass is 1380 g/mol. The van der Waals surface area contributed by atoms with Crippen LogP contribution in [0.2, 0.25) is 0 Å². The molecule has 526 valence electrons. The molecule has 4 saturated heterocycles. The van der Waals surface area contributed by atoms with Crippen LogP contribution in [0, 0.1) is 24.7 Å². The van der Waals surface area contributed by atoms with Gasteiger partial charge in [-0.15, -0.1) is 34.9 Å². The number of likely N-dealkylation sites (tertiary alicyclic amines) is 1. The standard InChI is InChI=1S/C66H98N10O16S3/c1-9-43(5)47(34-52(79)50-15-11-13-24-72(50)7)63(86)73(8)51(41(2)3)35-53(62-70-49(38-93-62)61(85)69-46(32-44(6)91-39-78)33-45-18-16-42(4)17-19-45)92-66(89)71-48(60(84)68-23-30-90-31-29-77)14-10-12-22-67-56(80)20-21-57(81)74-25-27-75-58(82)36-54(64(75)87)94-40-95-55-37-59(83)76(28-26-74)65(55)88/h16-19,38-39,41,43-44,46-48,50-51,53-55,77H,9-15,20-37,40H2,1-8H3,(H,67,80)(H,68,84)(H,69,85)(H,71,89)/t43?,44?,46-,47+,48?,50?,51-,53-,54?,55?/m1/s1. The van der Waals surface area contributed by atoms with Gasteiger partial charge in [-0.3, -0.25) is 67.4 Å². The van der Waals surface area contributed by atoms with Crippen molar-refractivity contribution >= 4 is 106 Å². The Balaban J connectivity index is 1.16. The van der Waals surface area contributed by atoms with Crippen LogP contribution in [0.25, 0.3) is 0 Å². The van der Waals surface area contributed by atoms with Crippen LogP contribution in [0.4, 0.5) is 4.79 Å². The van der Waals surface area contributed by atoms with Crippen LogP contribution < -0.4 is 21.3 Å². The van der Waals surface area contributed by atoms with Crippen molar-refractivity contribution in [3.05, 3.63) is 51.5 Å². The number of aliphatic hydroxyl groups is 1. The maximum atomic E-state index is 14.9. The van der Waals surface area contributed by atoms with E-state index >= 15 is 0 Å². The molecule has 10 atom stereocenters. The molecule has 4 fully saturated rings. The molecule has 0 spiro atoms. The fourth-order valence-electron chi connectivity index (χ4n) is 12.2. The predicted octanol–water partition coefficient (Wildman–Crippen LogP) is 4.57. The Labute approximate surface area is 569 Å². The van der Waals surface area contributed by atoms with Gasteiger partial charge >= 0.3 is 6.09 Å². The zero-order valence-electron chi connectivity index (χ0n) is 56.2. The number of amides is 10. The lowest BCUT2D eigenvalue weighted by atomic mass is 9.83. The van der Waals surface area contributed by atoms with Crippen LogP contribution in [0.3, 0.4) is 0 Å². The Bertz CT molecular complexity index is 2910. The highest BCUT2D eigenvalue weighted by molar-refractivity contribution is 8.17. The van der Waals surface area contributed by atoms with Crippen LogP contribution >= 0.6 is 34.9 Å². The molecular formula is C66H98N10O16S3. The number of nitrogens with zero attached hydrogens (tertiary/aromatic N) is 6. The number of piperidine rings is 1. The normalized spacial score (nSPS) is 20.2. The number of fused-ring (bicyclic) bond motifs is 4. The van der Waals surface area contributed by atoms with Crippen LogP contribution in [0.15, 0.2) is 29.6 Å². The van der Waals surface area contributed by atoms with Crippen molar-refractivity contribution in [3.63, 3.8) is 0 Å². The lowest BCUT2D eigenvalue weighted by Crippen LogP contribution is -2.49. The molecule has 1 aromatic carbocycles. The Kier molecular flexibility index (Phi) is 31.8. The smallest absolute Gasteiger partial charge is 0.408 e. The summed E-state index contributed by atoms with van der Waals surface area (Å²) in [7, 11) is 3.62. The van der Waals surface area contributed by atoms with E-state index in [2.05, 4.69) is 26.2 Å². The summed E-state index contributed by atoms with van der Waals surface area (Å²) in [4.78, 5) is 174. The molecule has 0 aliphatic carbocycles. The number of ether oxygens (including phenoxy) is 3. The number of Topliss-reactive ketones (excluding diaryl/α,β-unsaturated/α-hetero) is 1. The van der Waals surface area contributed by atoms with E-state index in [1.165, 1.54) is 33.8 Å². The average molecular weight is 1380 g/mol. The summed E-state index contributed by atoms with van der Waals surface area (Å²) in [5.41, 5.74) is 2.01. The first-order chi connectivity index (χ1) is 45.4. The van der Waals surface area contributed by atoms with Crippen molar-refractivity contribution in [2.45, 2.75) is 185 Å². The molecule has 10 amide bonds. The fourth-order valence-corrected chi connectivity index (χ4v) is 15.8. The van der Waals surface area contributed by atoms with Crippen molar-refractivity contribution in [2.24, 2.45) is 17.8 Å². The highest BCUT2D eigenvalue weighted by atomic mass is 32.2. The van der Waals surface area contributed by atoms with Gasteiger partial charge in [0.25, 0.3) is 12.4 Å². The first-order valence-electron chi connectivity index (χ1n) is 33.2. The third-order valence-electron chi connectivity index (χ3n) is 18.1. The Hall–Kier alpha value is -6.53. The first kappa shape index (κ1) is 77.5. The number of hydrogen-bond donors (Lipinski definition) is 5.